The lowest BCUT2D eigenvalue weighted by atomic mass is 9.99. The van der Waals surface area contributed by atoms with Gasteiger partial charge in [-0.25, -0.2) is 0 Å². The first kappa shape index (κ1) is 20.5. The maximum absolute atomic E-state index is 10.5. The van der Waals surface area contributed by atoms with Crippen LogP contribution in [0.4, 0.5) is 0 Å². The summed E-state index contributed by atoms with van der Waals surface area (Å²) in [4.78, 5) is 0. The lowest BCUT2D eigenvalue weighted by Crippen LogP contribution is -2.49. The zero-order chi connectivity index (χ0) is 17.6. The molecule has 0 radical (unpaired) electrons. The summed E-state index contributed by atoms with van der Waals surface area (Å²) in [5.41, 5.74) is 2.90. The highest BCUT2D eigenvalue weighted by atomic mass is 28.4. The van der Waals surface area contributed by atoms with Gasteiger partial charge in [0.2, 0.25) is 0 Å². The maximum Gasteiger partial charge on any atom is 0.200 e. The van der Waals surface area contributed by atoms with E-state index in [1.54, 1.807) is 7.11 Å². The molecule has 1 rings (SSSR count). The smallest absolute Gasteiger partial charge is 0.200 e. The molecule has 4 heteroatoms. The zero-order valence-corrected chi connectivity index (χ0v) is 17.1. The van der Waals surface area contributed by atoms with E-state index in [1.807, 2.05) is 0 Å². The Kier molecular flexibility index (Phi) is 8.05. The highest BCUT2D eigenvalue weighted by Gasteiger charge is 2.45. The Balaban J connectivity index is 2.63. The van der Waals surface area contributed by atoms with Crippen LogP contribution in [0.3, 0.4) is 0 Å². The molecule has 1 unspecified atom stereocenters. The summed E-state index contributed by atoms with van der Waals surface area (Å²) < 4.78 is 11.8. The van der Waals surface area contributed by atoms with Crippen molar-refractivity contribution in [1.29, 1.82) is 0 Å². The van der Waals surface area contributed by atoms with Crippen molar-refractivity contribution in [2.45, 2.75) is 83.5 Å². The van der Waals surface area contributed by atoms with E-state index in [4.69, 9.17) is 9.16 Å². The molecule has 1 aliphatic carbocycles. The normalized spacial score (nSPS) is 17.5. The zero-order valence-electron chi connectivity index (χ0n) is 16.1. The molecule has 0 fully saturated rings. The number of allylic oxidation sites excluding steroid dienone is 3. The maximum atomic E-state index is 10.5. The predicted molar refractivity (Wildman–Crippen MR) is 100 cm³/mol. The van der Waals surface area contributed by atoms with Crippen LogP contribution in [0.15, 0.2) is 23.5 Å². The van der Waals surface area contributed by atoms with Gasteiger partial charge in [0, 0.05) is 6.42 Å². The van der Waals surface area contributed by atoms with Gasteiger partial charge in [0.1, 0.15) is 0 Å². The summed E-state index contributed by atoms with van der Waals surface area (Å²) in [5, 5.41) is 10.5. The molecular weight excluding hydrogens is 304 g/mol. The van der Waals surface area contributed by atoms with Crippen LogP contribution in [0.5, 0.6) is 0 Å². The van der Waals surface area contributed by atoms with E-state index in [2.05, 4.69) is 53.7 Å². The average Bonchev–Trinajstić information content (AvgIpc) is 2.46. The number of hydrogen-bond donors (Lipinski definition) is 1. The minimum absolute atomic E-state index is 0.430. The highest BCUT2D eigenvalue weighted by molar-refractivity contribution is 6.77. The van der Waals surface area contributed by atoms with Crippen molar-refractivity contribution >= 4 is 8.32 Å². The van der Waals surface area contributed by atoms with Crippen molar-refractivity contribution in [3.8, 4) is 0 Å². The second kappa shape index (κ2) is 9.05. The molecule has 0 saturated heterocycles. The van der Waals surface area contributed by atoms with Gasteiger partial charge in [-0.2, -0.15) is 0 Å². The molecule has 1 atom stereocenters. The highest BCUT2D eigenvalue weighted by Crippen LogP contribution is 2.42. The first-order valence-electron chi connectivity index (χ1n) is 8.96. The van der Waals surface area contributed by atoms with Gasteiger partial charge in [-0.05, 0) is 35.5 Å². The van der Waals surface area contributed by atoms with Gasteiger partial charge in [0.25, 0.3) is 0 Å². The monoisotopic (exact) mass is 340 g/mol. The van der Waals surface area contributed by atoms with Crippen molar-refractivity contribution in [1.82, 2.24) is 0 Å². The molecular formula is C19H36O3Si. The summed E-state index contributed by atoms with van der Waals surface area (Å²) >= 11 is 0. The molecule has 0 bridgehead atoms. The van der Waals surface area contributed by atoms with Crippen molar-refractivity contribution < 1.29 is 14.3 Å². The van der Waals surface area contributed by atoms with Gasteiger partial charge >= 0.3 is 0 Å². The van der Waals surface area contributed by atoms with Crippen LogP contribution >= 0.6 is 0 Å². The molecule has 0 heterocycles. The minimum atomic E-state index is -1.89. The molecule has 0 amide bonds. The third-order valence-corrected chi connectivity index (χ3v) is 11.2. The Morgan fingerprint density at radius 1 is 1.04 bits per heavy atom. The van der Waals surface area contributed by atoms with Crippen molar-refractivity contribution in [3.05, 3.63) is 23.5 Å². The second-order valence-corrected chi connectivity index (χ2v) is 13.1. The van der Waals surface area contributed by atoms with Crippen LogP contribution in [0.2, 0.25) is 16.6 Å². The van der Waals surface area contributed by atoms with E-state index in [1.165, 1.54) is 5.57 Å². The second-order valence-electron chi connectivity index (χ2n) is 7.64. The van der Waals surface area contributed by atoms with Crippen LogP contribution < -0.4 is 0 Å². The van der Waals surface area contributed by atoms with E-state index < -0.39 is 14.4 Å². The molecule has 0 aromatic carbocycles. The van der Waals surface area contributed by atoms with Crippen LogP contribution in [0.1, 0.15) is 60.8 Å². The minimum Gasteiger partial charge on any atom is -0.501 e. The van der Waals surface area contributed by atoms with Gasteiger partial charge < -0.3 is 14.3 Å². The lowest BCUT2D eigenvalue weighted by Gasteiger charge is -2.42. The van der Waals surface area contributed by atoms with Gasteiger partial charge in [0.05, 0.1) is 25.6 Å². The fourth-order valence-electron chi connectivity index (χ4n) is 4.14. The first-order valence-corrected chi connectivity index (χ1v) is 11.1. The molecule has 0 aromatic rings. The number of rotatable bonds is 9. The molecule has 1 aliphatic rings. The number of aliphatic hydroxyl groups is 1. The number of ether oxygens (including phenoxy) is 1. The SMILES string of the molecule is COC1=CCC=C(CC(O)CO[Si](C(C)C)(C(C)C)C(C)C)C1. The fourth-order valence-corrected chi connectivity index (χ4v) is 9.62. The molecule has 3 nitrogen and oxygen atoms in total. The number of methoxy groups -OCH3 is 1. The van der Waals surface area contributed by atoms with E-state index in [-0.39, 0.29) is 0 Å². The first-order chi connectivity index (χ1) is 10.7. The van der Waals surface area contributed by atoms with E-state index in [0.29, 0.717) is 29.7 Å². The van der Waals surface area contributed by atoms with Crippen molar-refractivity contribution in [2.24, 2.45) is 0 Å². The quantitative estimate of drug-likeness (QED) is 0.464. The van der Waals surface area contributed by atoms with Crippen LogP contribution in [0, 0.1) is 0 Å². The van der Waals surface area contributed by atoms with Gasteiger partial charge in [-0.1, -0.05) is 53.2 Å². The van der Waals surface area contributed by atoms with E-state index >= 15 is 0 Å². The Morgan fingerprint density at radius 2 is 1.61 bits per heavy atom. The third kappa shape index (κ3) is 5.20. The van der Waals surface area contributed by atoms with E-state index in [0.717, 1.165) is 18.6 Å². The van der Waals surface area contributed by atoms with Crippen LogP contribution in [-0.4, -0.2) is 33.2 Å². The van der Waals surface area contributed by atoms with E-state index in [9.17, 15) is 5.11 Å². The molecule has 0 saturated carbocycles. The van der Waals surface area contributed by atoms with Gasteiger partial charge in [-0.15, -0.1) is 0 Å². The number of aliphatic hydroxyl groups excluding tert-OH is 1. The Bertz CT molecular complexity index is 403. The molecule has 1 N–H and O–H groups in total. The summed E-state index contributed by atoms with van der Waals surface area (Å²) in [6.45, 7) is 14.1. The third-order valence-electron chi connectivity index (χ3n) is 5.15. The predicted octanol–water partition coefficient (Wildman–Crippen LogP) is 5.18. The Hall–Kier alpha value is -0.583. The fraction of sp³-hybridized carbons (Fsp3) is 0.789. The average molecular weight is 341 g/mol. The Morgan fingerprint density at radius 3 is 2.09 bits per heavy atom. The van der Waals surface area contributed by atoms with Crippen LogP contribution in [0.25, 0.3) is 0 Å². The topological polar surface area (TPSA) is 38.7 Å². The van der Waals surface area contributed by atoms with Gasteiger partial charge in [0.15, 0.2) is 8.32 Å². The largest absolute Gasteiger partial charge is 0.501 e. The standard InChI is InChI=1S/C19H36O3Si/c1-14(2)23(15(3)4,16(5)6)22-13-18(20)11-17-9-8-10-19(12-17)21-7/h9-10,14-16,18,20H,8,11-13H2,1-7H3. The number of hydrogen-bond acceptors (Lipinski definition) is 3. The van der Waals surface area contributed by atoms with Crippen molar-refractivity contribution in [2.75, 3.05) is 13.7 Å². The van der Waals surface area contributed by atoms with Crippen LogP contribution in [-0.2, 0) is 9.16 Å². The molecule has 0 aliphatic heterocycles. The molecule has 0 aromatic heterocycles. The lowest BCUT2D eigenvalue weighted by molar-refractivity contribution is 0.0966. The van der Waals surface area contributed by atoms with Gasteiger partial charge in [-0.3, -0.25) is 0 Å². The molecule has 0 spiro atoms. The summed E-state index contributed by atoms with van der Waals surface area (Å²) in [6.07, 6.45) is 6.26. The molecule has 134 valence electrons. The summed E-state index contributed by atoms with van der Waals surface area (Å²) in [7, 11) is -0.182. The summed E-state index contributed by atoms with van der Waals surface area (Å²) in [6, 6.07) is 0. The molecule has 23 heavy (non-hydrogen) atoms. The van der Waals surface area contributed by atoms with Crippen molar-refractivity contribution in [3.63, 3.8) is 0 Å². The Labute approximate surface area is 143 Å². The summed E-state index contributed by atoms with van der Waals surface area (Å²) in [5.74, 6) is 1.01.